The molecule has 0 aliphatic carbocycles. The molecule has 0 spiro atoms. The van der Waals surface area contributed by atoms with Gasteiger partial charge in [-0.25, -0.2) is 4.39 Å². The highest BCUT2D eigenvalue weighted by Gasteiger charge is 2.13. The van der Waals surface area contributed by atoms with Crippen molar-refractivity contribution in [1.29, 1.82) is 0 Å². The van der Waals surface area contributed by atoms with Crippen molar-refractivity contribution in [3.8, 4) is 0 Å². The van der Waals surface area contributed by atoms with Crippen molar-refractivity contribution in [2.24, 2.45) is 0 Å². The largest absolute Gasteiger partial charge is 0.469 e. The minimum absolute atomic E-state index is 0.00733. The second kappa shape index (κ2) is 5.34. The number of likely N-dealkylation sites (N-methyl/N-ethyl adjacent to an activating group) is 1. The molecule has 1 atom stereocenters. The van der Waals surface area contributed by atoms with Gasteiger partial charge in [0, 0.05) is 12.5 Å². The molecule has 17 heavy (non-hydrogen) atoms. The van der Waals surface area contributed by atoms with Crippen LogP contribution in [0.25, 0.3) is 0 Å². The Bertz CT molecular complexity index is 484. The van der Waals surface area contributed by atoms with E-state index in [1.54, 1.807) is 12.3 Å². The van der Waals surface area contributed by atoms with E-state index in [0.717, 1.165) is 11.3 Å². The van der Waals surface area contributed by atoms with E-state index < -0.39 is 5.82 Å². The third kappa shape index (κ3) is 2.87. The van der Waals surface area contributed by atoms with Crippen molar-refractivity contribution < 1.29 is 8.81 Å². The summed E-state index contributed by atoms with van der Waals surface area (Å²) in [6.45, 7) is 0. The number of hydrogen-bond donors (Lipinski definition) is 1. The molecule has 1 unspecified atom stereocenters. The van der Waals surface area contributed by atoms with Gasteiger partial charge in [-0.15, -0.1) is 0 Å². The first-order valence-corrected chi connectivity index (χ1v) is 5.73. The highest BCUT2D eigenvalue weighted by molar-refractivity contribution is 6.30. The lowest BCUT2D eigenvalue weighted by Gasteiger charge is -2.15. The number of hydrogen-bond acceptors (Lipinski definition) is 2. The van der Waals surface area contributed by atoms with Crippen LogP contribution in [0.15, 0.2) is 41.0 Å². The second-order valence-corrected chi connectivity index (χ2v) is 4.21. The van der Waals surface area contributed by atoms with E-state index in [1.165, 1.54) is 6.07 Å². The first-order valence-electron chi connectivity index (χ1n) is 5.35. The summed E-state index contributed by atoms with van der Waals surface area (Å²) >= 11 is 5.66. The van der Waals surface area contributed by atoms with E-state index in [1.807, 2.05) is 25.2 Å². The molecule has 0 aliphatic rings. The molecule has 0 bridgehead atoms. The van der Waals surface area contributed by atoms with Gasteiger partial charge in [-0.1, -0.05) is 17.7 Å². The second-order valence-electron chi connectivity index (χ2n) is 3.80. The fourth-order valence-electron chi connectivity index (χ4n) is 1.75. The maximum Gasteiger partial charge on any atom is 0.142 e. The Morgan fingerprint density at radius 1 is 1.41 bits per heavy atom. The van der Waals surface area contributed by atoms with E-state index in [2.05, 4.69) is 5.32 Å². The van der Waals surface area contributed by atoms with Gasteiger partial charge in [0.25, 0.3) is 0 Å². The Kier molecular flexibility index (Phi) is 3.82. The maximum absolute atomic E-state index is 13.4. The van der Waals surface area contributed by atoms with Crippen molar-refractivity contribution in [3.63, 3.8) is 0 Å². The number of halogens is 2. The van der Waals surface area contributed by atoms with Gasteiger partial charge >= 0.3 is 0 Å². The first-order chi connectivity index (χ1) is 8.20. The third-order valence-corrected chi connectivity index (χ3v) is 2.99. The molecule has 0 amide bonds. The Morgan fingerprint density at radius 3 is 2.82 bits per heavy atom. The zero-order valence-electron chi connectivity index (χ0n) is 9.41. The Morgan fingerprint density at radius 2 is 2.24 bits per heavy atom. The zero-order valence-corrected chi connectivity index (χ0v) is 10.2. The molecule has 0 radical (unpaired) electrons. The SMILES string of the molecule is CNC(Cc1ccco1)c1ccc(Cl)c(F)c1. The van der Waals surface area contributed by atoms with Crippen LogP contribution >= 0.6 is 11.6 Å². The number of nitrogens with one attached hydrogen (secondary N) is 1. The quantitative estimate of drug-likeness (QED) is 0.901. The molecule has 0 fully saturated rings. The van der Waals surface area contributed by atoms with Crippen LogP contribution in [0.2, 0.25) is 5.02 Å². The maximum atomic E-state index is 13.4. The van der Waals surface area contributed by atoms with Gasteiger partial charge in [-0.05, 0) is 36.9 Å². The van der Waals surface area contributed by atoms with Crippen LogP contribution in [0.4, 0.5) is 4.39 Å². The normalized spacial score (nSPS) is 12.6. The number of rotatable bonds is 4. The fourth-order valence-corrected chi connectivity index (χ4v) is 1.86. The Balaban J connectivity index is 2.20. The zero-order chi connectivity index (χ0) is 12.3. The highest BCUT2D eigenvalue weighted by Crippen LogP contribution is 2.22. The molecule has 4 heteroatoms. The van der Waals surface area contributed by atoms with E-state index in [4.69, 9.17) is 16.0 Å². The molecule has 0 saturated carbocycles. The third-order valence-electron chi connectivity index (χ3n) is 2.68. The van der Waals surface area contributed by atoms with Crippen LogP contribution < -0.4 is 5.32 Å². The van der Waals surface area contributed by atoms with Gasteiger partial charge in [0.15, 0.2) is 0 Å². The molecule has 0 saturated heterocycles. The molecule has 1 aromatic heterocycles. The van der Waals surface area contributed by atoms with E-state index in [9.17, 15) is 4.39 Å². The topological polar surface area (TPSA) is 25.2 Å². The smallest absolute Gasteiger partial charge is 0.142 e. The Hall–Kier alpha value is -1.32. The molecule has 2 aromatic rings. The summed E-state index contributed by atoms with van der Waals surface area (Å²) in [4.78, 5) is 0. The van der Waals surface area contributed by atoms with Crippen LogP contribution in [0, 0.1) is 5.82 Å². The minimum atomic E-state index is -0.399. The van der Waals surface area contributed by atoms with Crippen molar-refractivity contribution in [1.82, 2.24) is 5.32 Å². The van der Waals surface area contributed by atoms with Crippen molar-refractivity contribution in [3.05, 3.63) is 58.8 Å². The molecule has 2 nitrogen and oxygen atoms in total. The van der Waals surface area contributed by atoms with Crippen LogP contribution in [0.1, 0.15) is 17.4 Å². The number of furan rings is 1. The van der Waals surface area contributed by atoms with Crippen LogP contribution in [-0.4, -0.2) is 7.05 Å². The summed E-state index contributed by atoms with van der Waals surface area (Å²) < 4.78 is 18.7. The summed E-state index contributed by atoms with van der Waals surface area (Å²) in [7, 11) is 1.83. The predicted octanol–water partition coefficient (Wildman–Crippen LogP) is 3.58. The summed E-state index contributed by atoms with van der Waals surface area (Å²) in [5.74, 6) is 0.462. The fraction of sp³-hybridized carbons (Fsp3) is 0.231. The van der Waals surface area contributed by atoms with Gasteiger partial charge in [0.1, 0.15) is 11.6 Å². The van der Waals surface area contributed by atoms with Crippen molar-refractivity contribution in [2.75, 3.05) is 7.05 Å². The summed E-state index contributed by atoms with van der Waals surface area (Å²) in [6, 6.07) is 8.58. The molecule has 1 heterocycles. The van der Waals surface area contributed by atoms with Crippen LogP contribution in [0.3, 0.4) is 0 Å². The molecule has 0 aliphatic heterocycles. The molecular weight excluding hydrogens is 241 g/mol. The summed E-state index contributed by atoms with van der Waals surface area (Å²) in [5.41, 5.74) is 0.853. The Labute approximate surface area is 104 Å². The van der Waals surface area contributed by atoms with Gasteiger partial charge in [0.05, 0.1) is 11.3 Å². The van der Waals surface area contributed by atoms with Gasteiger partial charge < -0.3 is 9.73 Å². The first kappa shape index (κ1) is 12.1. The summed E-state index contributed by atoms with van der Waals surface area (Å²) in [6.07, 6.45) is 2.30. The average molecular weight is 254 g/mol. The minimum Gasteiger partial charge on any atom is -0.469 e. The number of benzene rings is 1. The van der Waals surface area contributed by atoms with Gasteiger partial charge in [0.2, 0.25) is 0 Å². The van der Waals surface area contributed by atoms with Crippen molar-refractivity contribution in [2.45, 2.75) is 12.5 Å². The van der Waals surface area contributed by atoms with Crippen LogP contribution in [-0.2, 0) is 6.42 Å². The lowest BCUT2D eigenvalue weighted by atomic mass is 10.0. The molecule has 1 N–H and O–H groups in total. The van der Waals surface area contributed by atoms with Gasteiger partial charge in [-0.3, -0.25) is 0 Å². The lowest BCUT2D eigenvalue weighted by molar-refractivity contribution is 0.465. The molecule has 2 rings (SSSR count). The molecule has 90 valence electrons. The van der Waals surface area contributed by atoms with E-state index in [0.29, 0.717) is 6.42 Å². The molecule has 1 aromatic carbocycles. The summed E-state index contributed by atoms with van der Waals surface area (Å²) in [5, 5.41) is 3.27. The molecular formula is C13H13ClFNO. The van der Waals surface area contributed by atoms with E-state index in [-0.39, 0.29) is 11.1 Å². The monoisotopic (exact) mass is 253 g/mol. The average Bonchev–Trinajstić information content (AvgIpc) is 2.82. The highest BCUT2D eigenvalue weighted by atomic mass is 35.5. The van der Waals surface area contributed by atoms with Crippen LogP contribution in [0.5, 0.6) is 0 Å². The van der Waals surface area contributed by atoms with Crippen molar-refractivity contribution >= 4 is 11.6 Å². The van der Waals surface area contributed by atoms with E-state index >= 15 is 0 Å². The van der Waals surface area contributed by atoms with Gasteiger partial charge in [-0.2, -0.15) is 0 Å². The standard InChI is InChI=1S/C13H13ClFNO/c1-16-13(8-10-3-2-6-17-10)9-4-5-11(14)12(15)7-9/h2-7,13,16H,8H2,1H3. The lowest BCUT2D eigenvalue weighted by Crippen LogP contribution is -2.18. The predicted molar refractivity (Wildman–Crippen MR) is 65.6 cm³/mol.